The number of amides is 2. The van der Waals surface area contributed by atoms with Crippen LogP contribution in [0.4, 0.5) is 21.5 Å². The van der Waals surface area contributed by atoms with Crippen LogP contribution in [0, 0.1) is 11.8 Å². The topological polar surface area (TPSA) is 352 Å². The second-order valence-electron chi connectivity index (χ2n) is 15.5. The predicted octanol–water partition coefficient (Wildman–Crippen LogP) is 4.65. The summed E-state index contributed by atoms with van der Waals surface area (Å²) < 4.78 is 68.0. The van der Waals surface area contributed by atoms with Crippen LogP contribution in [0.3, 0.4) is 0 Å². The van der Waals surface area contributed by atoms with Gasteiger partial charge in [0.2, 0.25) is 5.91 Å². The molecule has 0 bridgehead atoms. The van der Waals surface area contributed by atoms with Gasteiger partial charge in [0.1, 0.15) is 29.2 Å². The van der Waals surface area contributed by atoms with Crippen molar-refractivity contribution in [2.24, 2.45) is 10.2 Å². The van der Waals surface area contributed by atoms with E-state index in [4.69, 9.17) is 20.3 Å². The fraction of sp³-hybridized carbons (Fsp3) is 0.293. The zero-order valence-electron chi connectivity index (χ0n) is 37.2. The molecule has 29 heteroatoms. The molecule has 70 heavy (non-hydrogen) atoms. The minimum atomic E-state index is -5.71. The number of nitrogens with zero attached hydrogens (tertiary/aromatic N) is 5. The number of phosphoric ester groups is 1. The molecule has 0 saturated carbocycles. The molecule has 1 fully saturated rings. The Kier molecular flexibility index (Phi) is 17.6. The van der Waals surface area contributed by atoms with Crippen LogP contribution in [-0.2, 0) is 49.2 Å². The number of allylic oxidation sites excluding steroid dienone is 2. The molecule has 2 amide bonds. The number of anilines is 1. The van der Waals surface area contributed by atoms with E-state index in [9.17, 15) is 47.3 Å². The molecule has 6 rings (SSSR count). The third kappa shape index (κ3) is 15.4. The molecule has 2 radical (unpaired) electrons. The van der Waals surface area contributed by atoms with Crippen LogP contribution in [0.1, 0.15) is 72.2 Å². The highest BCUT2D eigenvalue weighted by Crippen LogP contribution is 2.66. The van der Waals surface area contributed by atoms with Gasteiger partial charge < -0.3 is 59.6 Å². The van der Waals surface area contributed by atoms with Crippen molar-refractivity contribution in [3.63, 3.8) is 0 Å². The average Bonchev–Trinajstić information content (AvgIpc) is 4.01. The SMILES string of the molecule is CC1=CC(C)=[N+]([B-]F)C1=Cc1ccc(CCC(=O)NCCc2ccc(N=Nc3ccc(C(=O)NCC#Cc4cn([C@H]5CC[C@@H](COP(=O)(O)OP(=O)(O)OP(=O)(O)O)O5)c(=O)nc4N)cc3)c(O)c2)[nH]1. The van der Waals surface area contributed by atoms with E-state index >= 15 is 0 Å². The number of carbonyl (C=O) groups excluding carboxylic acids is 2. The number of phenols is 1. The van der Waals surface area contributed by atoms with Crippen molar-refractivity contribution in [3.8, 4) is 17.6 Å². The zero-order chi connectivity index (χ0) is 50.8. The van der Waals surface area contributed by atoms with Crippen LogP contribution in [0.2, 0.25) is 0 Å². The third-order valence-electron chi connectivity index (χ3n) is 10.2. The number of aromatic nitrogens is 3. The first-order valence-corrected chi connectivity index (χ1v) is 25.4. The molecular weight excluding hydrogens is 981 g/mol. The summed E-state index contributed by atoms with van der Waals surface area (Å²) in [6.07, 6.45) is 4.61. The summed E-state index contributed by atoms with van der Waals surface area (Å²) in [5, 5.41) is 24.4. The number of azo groups is 1. The van der Waals surface area contributed by atoms with Crippen molar-refractivity contribution in [2.45, 2.75) is 58.3 Å². The van der Waals surface area contributed by atoms with Gasteiger partial charge in [-0.15, -0.1) is 5.11 Å². The molecule has 4 aromatic rings. The Balaban J connectivity index is 0.917. The van der Waals surface area contributed by atoms with Gasteiger partial charge in [-0.25, -0.2) is 18.5 Å². The predicted molar refractivity (Wildman–Crippen MR) is 249 cm³/mol. The molecule has 4 atom stereocenters. The van der Waals surface area contributed by atoms with Gasteiger partial charge in [-0.3, -0.25) is 18.7 Å². The van der Waals surface area contributed by atoms with Crippen molar-refractivity contribution in [2.75, 3.05) is 25.4 Å². The number of aromatic hydroxyl groups is 1. The first-order valence-electron chi connectivity index (χ1n) is 20.9. The highest BCUT2D eigenvalue weighted by atomic mass is 31.3. The van der Waals surface area contributed by atoms with Crippen LogP contribution >= 0.6 is 23.5 Å². The van der Waals surface area contributed by atoms with E-state index in [-0.39, 0.29) is 60.1 Å². The monoisotopic (exact) mass is 1030 g/mol. The van der Waals surface area contributed by atoms with E-state index in [0.29, 0.717) is 32.8 Å². The Hall–Kier alpha value is -6.19. The highest BCUT2D eigenvalue weighted by molar-refractivity contribution is 7.66. The van der Waals surface area contributed by atoms with E-state index in [0.717, 1.165) is 38.5 Å². The summed E-state index contributed by atoms with van der Waals surface area (Å²) in [5.41, 5.74) is 10.9. The van der Waals surface area contributed by atoms with E-state index in [1.54, 1.807) is 24.3 Å². The number of ether oxygens (including phenoxy) is 1. The van der Waals surface area contributed by atoms with Crippen LogP contribution in [0.25, 0.3) is 6.08 Å². The molecular formula is C41H46BFN9O15P3. The van der Waals surface area contributed by atoms with Crippen LogP contribution in [0.15, 0.2) is 93.2 Å². The number of aryl methyl sites for hydroxylation is 1. The molecule has 1 saturated heterocycles. The van der Waals surface area contributed by atoms with Gasteiger partial charge in [0.15, 0.2) is 5.70 Å². The van der Waals surface area contributed by atoms with Crippen molar-refractivity contribution in [1.29, 1.82) is 0 Å². The third-order valence-corrected chi connectivity index (χ3v) is 14.0. The van der Waals surface area contributed by atoms with Crippen LogP contribution < -0.4 is 22.1 Å². The second kappa shape index (κ2) is 23.2. The Morgan fingerprint density at radius 2 is 1.80 bits per heavy atom. The van der Waals surface area contributed by atoms with Gasteiger partial charge in [-0.2, -0.15) is 18.7 Å². The highest BCUT2D eigenvalue weighted by Gasteiger charge is 2.41. The van der Waals surface area contributed by atoms with E-state index in [1.807, 2.05) is 38.1 Å². The largest absolute Gasteiger partial charge is 0.506 e. The fourth-order valence-electron chi connectivity index (χ4n) is 6.91. The molecule has 2 aliphatic heterocycles. The van der Waals surface area contributed by atoms with Gasteiger partial charge in [0.05, 0.1) is 30.5 Å². The minimum absolute atomic E-state index is 0.105. The number of hydrogen-bond donors (Lipinski definition) is 9. The lowest BCUT2D eigenvalue weighted by Crippen LogP contribution is -2.29. The number of H-pyrrole nitrogens is 1. The number of nitrogens with two attached hydrogens (primary N) is 1. The minimum Gasteiger partial charge on any atom is -0.506 e. The summed E-state index contributed by atoms with van der Waals surface area (Å²) >= 11 is 0. The number of phosphoric acid groups is 3. The van der Waals surface area contributed by atoms with Crippen LogP contribution in [-0.4, -0.2) is 94.7 Å². The second-order valence-corrected chi connectivity index (χ2v) is 19.9. The molecule has 24 nitrogen and oxygen atoms in total. The smallest absolute Gasteiger partial charge is 0.490 e. The van der Waals surface area contributed by atoms with Gasteiger partial charge in [0.25, 0.3) is 13.6 Å². The Morgan fingerprint density at radius 1 is 1.04 bits per heavy atom. The summed E-state index contributed by atoms with van der Waals surface area (Å²) in [6, 6.07) is 14.8. The summed E-state index contributed by atoms with van der Waals surface area (Å²) in [6.45, 7) is 3.24. The van der Waals surface area contributed by atoms with Gasteiger partial charge in [-0.1, -0.05) is 17.9 Å². The normalized spacial score (nSPS) is 18.3. The van der Waals surface area contributed by atoms with Crippen LogP contribution in [0.5, 0.6) is 5.75 Å². The summed E-state index contributed by atoms with van der Waals surface area (Å²) in [7, 11) is -16.1. The number of carbonyl (C=O) groups is 2. The lowest BCUT2D eigenvalue weighted by molar-refractivity contribution is -0.319. The maximum absolute atomic E-state index is 13.4. The van der Waals surface area contributed by atoms with Crippen molar-refractivity contribution in [3.05, 3.63) is 117 Å². The zero-order valence-corrected chi connectivity index (χ0v) is 39.9. The average molecular weight is 1030 g/mol. The number of benzene rings is 2. The molecule has 370 valence electrons. The molecule has 2 aliphatic rings. The summed E-state index contributed by atoms with van der Waals surface area (Å²) in [4.78, 5) is 81.3. The van der Waals surface area contributed by atoms with Crippen molar-refractivity contribution in [1.82, 2.24) is 25.2 Å². The van der Waals surface area contributed by atoms with Gasteiger partial charge in [-0.05, 0) is 86.7 Å². The van der Waals surface area contributed by atoms with Crippen molar-refractivity contribution >= 4 is 72.0 Å². The van der Waals surface area contributed by atoms with E-state index in [2.05, 4.69) is 55.8 Å². The molecule has 2 aromatic heterocycles. The Labute approximate surface area is 399 Å². The Morgan fingerprint density at radius 3 is 2.51 bits per heavy atom. The van der Waals surface area contributed by atoms with Gasteiger partial charge >= 0.3 is 29.2 Å². The summed E-state index contributed by atoms with van der Waals surface area (Å²) in [5.74, 6) is 4.50. The molecule has 2 unspecified atom stereocenters. The van der Waals surface area contributed by atoms with Crippen molar-refractivity contribution < 1.29 is 74.6 Å². The standard InChI is InChI=1S/C41H45BFN9O15P3/c1-25-20-26(2)52(42-43)35(25)22-32-11-10-30(47-32)12-15-37(54)45-19-17-27-5-14-34(36(53)21-27)50-49-31-8-6-28(7-9-31)40(55)46-18-3-4-29-23-51(41(56)48-39(29)44)38-16-13-33(65-38)24-64-69(60,61)67-70(62,63)66-68(57,58)59/h5-11,14,20-23,33,38,47H,12-13,15-19,24H2,1-2H3,(H8-,44,45,46,48,49,53,54,55,56,57,58,59,60,61,62,63)/q-1/p+1/t33-,38+/m0/s1. The molecule has 2 aromatic carbocycles. The van der Waals surface area contributed by atoms with E-state index in [1.165, 1.54) is 28.9 Å². The van der Waals surface area contributed by atoms with Gasteiger partial charge in [0, 0.05) is 60.8 Å². The number of nitrogens with one attached hydrogen (secondary N) is 3. The maximum Gasteiger partial charge on any atom is 0.490 e. The maximum atomic E-state index is 13.4. The number of hydrogen-bond acceptors (Lipinski definition) is 15. The molecule has 4 heterocycles. The number of nitrogen functional groups attached to an aromatic ring is 1. The molecule has 0 aliphatic carbocycles. The van der Waals surface area contributed by atoms with E-state index < -0.39 is 54.0 Å². The Bertz CT molecular complexity index is 3040. The number of phenolic OH excluding ortho intramolecular Hbond substituents is 1. The quantitative estimate of drug-likeness (QED) is 0.0252. The number of aromatic amines is 1. The fourth-order valence-corrected chi connectivity index (χ4v) is 9.96. The molecule has 10 N–H and O–H groups in total. The molecule has 0 spiro atoms. The number of halogens is 1. The lowest BCUT2D eigenvalue weighted by atomic mass is 10.1. The first-order chi connectivity index (χ1) is 33.1. The lowest BCUT2D eigenvalue weighted by Gasteiger charge is -2.19. The number of rotatable bonds is 20. The first kappa shape index (κ1) is 53.2.